The molecule has 0 aliphatic rings. The number of aliphatic carboxylic acids is 1. The molecule has 3 nitrogen and oxygen atoms in total. The minimum Gasteiger partial charge on any atom is -0.481 e. The monoisotopic (exact) mass is 293 g/mol. The molecule has 0 amide bonds. The Bertz CT molecular complexity index is 875. The smallest absolute Gasteiger partial charge is 0.307 e. The third kappa shape index (κ3) is 2.39. The number of fused-ring (bicyclic) bond motifs is 1. The van der Waals surface area contributed by atoms with Crippen molar-refractivity contribution in [1.29, 1.82) is 0 Å². The molecule has 3 heteroatoms. The number of nitrogens with one attached hydrogen (secondary N) is 1. The van der Waals surface area contributed by atoms with Crippen molar-refractivity contribution < 1.29 is 9.90 Å². The van der Waals surface area contributed by atoms with Crippen LogP contribution in [0.4, 0.5) is 0 Å². The molecule has 0 unspecified atom stereocenters. The molecule has 0 atom stereocenters. The largest absolute Gasteiger partial charge is 0.481 e. The van der Waals surface area contributed by atoms with Gasteiger partial charge in [0.05, 0.1) is 12.1 Å². The highest BCUT2D eigenvalue weighted by Crippen LogP contribution is 2.34. The van der Waals surface area contributed by atoms with Crippen LogP contribution < -0.4 is 0 Å². The van der Waals surface area contributed by atoms with E-state index in [-0.39, 0.29) is 6.42 Å². The SMILES string of the molecule is Cc1cccc(-c2[nH]c3c(C)ccc(C)c3c2CC(=O)O)c1. The van der Waals surface area contributed by atoms with Gasteiger partial charge in [0.25, 0.3) is 0 Å². The second kappa shape index (κ2) is 5.34. The zero-order valence-corrected chi connectivity index (χ0v) is 13.0. The summed E-state index contributed by atoms with van der Waals surface area (Å²) in [6, 6.07) is 12.3. The van der Waals surface area contributed by atoms with Crippen LogP contribution >= 0.6 is 0 Å². The number of carboxylic acids is 1. The minimum atomic E-state index is -0.810. The molecule has 2 aromatic carbocycles. The van der Waals surface area contributed by atoms with E-state index in [0.717, 1.165) is 44.4 Å². The van der Waals surface area contributed by atoms with Crippen LogP contribution in [0.5, 0.6) is 0 Å². The molecule has 0 saturated carbocycles. The van der Waals surface area contributed by atoms with E-state index in [0.29, 0.717) is 0 Å². The summed E-state index contributed by atoms with van der Waals surface area (Å²) in [4.78, 5) is 14.8. The number of hydrogen-bond donors (Lipinski definition) is 2. The van der Waals surface area contributed by atoms with Crippen molar-refractivity contribution in [1.82, 2.24) is 4.98 Å². The molecule has 0 bridgehead atoms. The molecule has 112 valence electrons. The summed E-state index contributed by atoms with van der Waals surface area (Å²) in [6.45, 7) is 6.11. The molecule has 2 N–H and O–H groups in total. The summed E-state index contributed by atoms with van der Waals surface area (Å²) in [5, 5.41) is 10.4. The summed E-state index contributed by atoms with van der Waals surface area (Å²) in [5.74, 6) is -0.810. The van der Waals surface area contributed by atoms with Crippen LogP contribution in [0, 0.1) is 20.8 Å². The normalized spacial score (nSPS) is 11.0. The predicted molar refractivity (Wildman–Crippen MR) is 89.3 cm³/mol. The van der Waals surface area contributed by atoms with Crippen molar-refractivity contribution in [2.24, 2.45) is 0 Å². The lowest BCUT2D eigenvalue weighted by molar-refractivity contribution is -0.136. The Morgan fingerprint density at radius 3 is 2.50 bits per heavy atom. The number of H-pyrrole nitrogens is 1. The molecule has 3 rings (SSSR count). The minimum absolute atomic E-state index is 0.0214. The quantitative estimate of drug-likeness (QED) is 0.752. The number of rotatable bonds is 3. The first-order valence-electron chi connectivity index (χ1n) is 7.37. The van der Waals surface area contributed by atoms with E-state index in [2.05, 4.69) is 23.2 Å². The van der Waals surface area contributed by atoms with Crippen LogP contribution in [-0.2, 0) is 11.2 Å². The van der Waals surface area contributed by atoms with Crippen LogP contribution in [0.1, 0.15) is 22.3 Å². The van der Waals surface area contributed by atoms with Gasteiger partial charge in [-0.25, -0.2) is 0 Å². The molecule has 0 radical (unpaired) electrons. The lowest BCUT2D eigenvalue weighted by atomic mass is 9.98. The molecule has 0 spiro atoms. The molecule has 1 heterocycles. The topological polar surface area (TPSA) is 53.1 Å². The lowest BCUT2D eigenvalue weighted by Gasteiger charge is -2.05. The number of hydrogen-bond acceptors (Lipinski definition) is 1. The van der Waals surface area contributed by atoms with Crippen LogP contribution in [0.15, 0.2) is 36.4 Å². The fourth-order valence-electron chi connectivity index (χ4n) is 3.06. The number of aromatic amines is 1. The van der Waals surface area contributed by atoms with Crippen molar-refractivity contribution in [2.75, 3.05) is 0 Å². The second-order valence-electron chi connectivity index (χ2n) is 5.87. The summed E-state index contributed by atoms with van der Waals surface area (Å²) in [5.41, 5.74) is 7.25. The van der Waals surface area contributed by atoms with Crippen molar-refractivity contribution in [2.45, 2.75) is 27.2 Å². The Morgan fingerprint density at radius 1 is 1.09 bits per heavy atom. The van der Waals surface area contributed by atoms with Gasteiger partial charge in [0.15, 0.2) is 0 Å². The van der Waals surface area contributed by atoms with Crippen LogP contribution in [0.3, 0.4) is 0 Å². The highest BCUT2D eigenvalue weighted by atomic mass is 16.4. The second-order valence-corrected chi connectivity index (χ2v) is 5.87. The van der Waals surface area contributed by atoms with Gasteiger partial charge in [-0.2, -0.15) is 0 Å². The molecule has 0 fully saturated rings. The zero-order valence-electron chi connectivity index (χ0n) is 13.0. The first-order chi connectivity index (χ1) is 10.5. The molecular weight excluding hydrogens is 274 g/mol. The summed E-state index contributed by atoms with van der Waals surface area (Å²) in [7, 11) is 0. The fraction of sp³-hybridized carbons (Fsp3) is 0.211. The van der Waals surface area contributed by atoms with E-state index in [1.54, 1.807) is 0 Å². The Balaban J connectivity index is 2.36. The van der Waals surface area contributed by atoms with Gasteiger partial charge in [0.2, 0.25) is 0 Å². The highest BCUT2D eigenvalue weighted by Gasteiger charge is 2.18. The van der Waals surface area contributed by atoms with E-state index in [1.807, 2.05) is 39.0 Å². The third-order valence-corrected chi connectivity index (χ3v) is 4.11. The first-order valence-corrected chi connectivity index (χ1v) is 7.37. The Morgan fingerprint density at radius 2 is 1.82 bits per heavy atom. The maximum atomic E-state index is 11.3. The average Bonchev–Trinajstić information content (AvgIpc) is 2.83. The molecular formula is C19H19NO2. The summed E-state index contributed by atoms with van der Waals surface area (Å²) < 4.78 is 0. The fourth-order valence-corrected chi connectivity index (χ4v) is 3.06. The average molecular weight is 293 g/mol. The molecule has 0 aliphatic carbocycles. The van der Waals surface area contributed by atoms with Crippen LogP contribution in [-0.4, -0.2) is 16.1 Å². The van der Waals surface area contributed by atoms with Crippen molar-refractivity contribution in [3.63, 3.8) is 0 Å². The number of benzene rings is 2. The maximum absolute atomic E-state index is 11.3. The van der Waals surface area contributed by atoms with Crippen LogP contribution in [0.25, 0.3) is 22.2 Å². The van der Waals surface area contributed by atoms with Gasteiger partial charge in [0.1, 0.15) is 0 Å². The van der Waals surface area contributed by atoms with E-state index < -0.39 is 5.97 Å². The Kier molecular flexibility index (Phi) is 3.49. The number of aryl methyl sites for hydroxylation is 3. The molecule has 22 heavy (non-hydrogen) atoms. The number of carbonyl (C=O) groups is 1. The maximum Gasteiger partial charge on any atom is 0.307 e. The van der Waals surface area contributed by atoms with E-state index in [4.69, 9.17) is 0 Å². The van der Waals surface area contributed by atoms with Gasteiger partial charge < -0.3 is 10.1 Å². The Hall–Kier alpha value is -2.55. The van der Waals surface area contributed by atoms with E-state index >= 15 is 0 Å². The van der Waals surface area contributed by atoms with E-state index in [1.165, 1.54) is 0 Å². The van der Waals surface area contributed by atoms with Gasteiger partial charge in [-0.15, -0.1) is 0 Å². The van der Waals surface area contributed by atoms with Crippen molar-refractivity contribution in [3.05, 3.63) is 58.7 Å². The highest BCUT2D eigenvalue weighted by molar-refractivity contribution is 5.97. The third-order valence-electron chi connectivity index (χ3n) is 4.11. The van der Waals surface area contributed by atoms with Gasteiger partial charge >= 0.3 is 5.97 Å². The number of aromatic nitrogens is 1. The zero-order chi connectivity index (χ0) is 15.9. The van der Waals surface area contributed by atoms with Crippen molar-refractivity contribution in [3.8, 4) is 11.3 Å². The molecule has 0 aliphatic heterocycles. The van der Waals surface area contributed by atoms with Gasteiger partial charge in [-0.05, 0) is 49.1 Å². The lowest BCUT2D eigenvalue weighted by Crippen LogP contribution is -2.01. The standard InChI is InChI=1S/C19H19NO2/c1-11-5-4-6-14(9-11)19-15(10-16(21)22)17-12(2)7-8-13(3)18(17)20-19/h4-9,20H,10H2,1-3H3,(H,21,22). The molecule has 0 saturated heterocycles. The molecule has 3 aromatic rings. The van der Waals surface area contributed by atoms with Crippen LogP contribution in [0.2, 0.25) is 0 Å². The van der Waals surface area contributed by atoms with Gasteiger partial charge in [0, 0.05) is 10.9 Å². The molecule has 1 aromatic heterocycles. The van der Waals surface area contributed by atoms with Crippen molar-refractivity contribution >= 4 is 16.9 Å². The Labute approximate surface area is 129 Å². The first kappa shape index (κ1) is 14.4. The predicted octanol–water partition coefficient (Wildman–Crippen LogP) is 4.39. The van der Waals surface area contributed by atoms with E-state index in [9.17, 15) is 9.90 Å². The summed E-state index contributed by atoms with van der Waals surface area (Å²) >= 11 is 0. The van der Waals surface area contributed by atoms with Gasteiger partial charge in [-0.3, -0.25) is 4.79 Å². The van der Waals surface area contributed by atoms with Gasteiger partial charge in [-0.1, -0.05) is 35.9 Å². The number of carboxylic acid groups (broad SMARTS) is 1. The summed E-state index contributed by atoms with van der Waals surface area (Å²) in [6.07, 6.45) is 0.0214.